The second-order valence-corrected chi connectivity index (χ2v) is 4.07. The summed E-state index contributed by atoms with van der Waals surface area (Å²) in [5.41, 5.74) is 5.80. The van der Waals surface area contributed by atoms with Gasteiger partial charge < -0.3 is 10.5 Å². The van der Waals surface area contributed by atoms with E-state index in [1.165, 1.54) is 0 Å². The van der Waals surface area contributed by atoms with Gasteiger partial charge in [0, 0.05) is 12.5 Å². The molecule has 0 aromatic carbocycles. The molecule has 0 amide bonds. The van der Waals surface area contributed by atoms with Crippen molar-refractivity contribution >= 4 is 5.84 Å². The number of nitrogens with two attached hydrogens (primary N) is 1. The fourth-order valence-electron chi connectivity index (χ4n) is 1.45. The van der Waals surface area contributed by atoms with E-state index in [4.69, 9.17) is 10.5 Å². The lowest BCUT2D eigenvalue weighted by atomic mass is 10.0. The number of nitrogens with zero attached hydrogens (tertiary/aromatic N) is 1. The predicted octanol–water partition coefficient (Wildman–Crippen LogP) is 1.57. The molecule has 1 aliphatic heterocycles. The number of hydrogen-bond acceptors (Lipinski definition) is 2. The molecule has 0 aromatic heterocycles. The Labute approximate surface area is 80.4 Å². The third-order valence-electron chi connectivity index (χ3n) is 2.38. The van der Waals surface area contributed by atoms with Crippen LogP contribution >= 0.6 is 0 Å². The summed E-state index contributed by atoms with van der Waals surface area (Å²) >= 11 is 0. The molecule has 0 spiro atoms. The Balaban J connectivity index is 2.47. The molecule has 0 saturated carbocycles. The Morgan fingerprint density at radius 1 is 1.54 bits per heavy atom. The van der Waals surface area contributed by atoms with Crippen molar-refractivity contribution < 1.29 is 4.74 Å². The minimum Gasteiger partial charge on any atom is -0.387 e. The Kier molecular flexibility index (Phi) is 3.72. The maximum Gasteiger partial charge on any atom is 0.0966 e. The summed E-state index contributed by atoms with van der Waals surface area (Å²) in [5, 5.41) is 0. The molecular weight excluding hydrogens is 164 g/mol. The molecular formula is C10H20N2O. The van der Waals surface area contributed by atoms with Crippen LogP contribution in [0, 0.1) is 5.92 Å². The topological polar surface area (TPSA) is 47.6 Å². The van der Waals surface area contributed by atoms with Gasteiger partial charge in [0.15, 0.2) is 0 Å². The summed E-state index contributed by atoms with van der Waals surface area (Å²) in [5.74, 6) is 1.14. The van der Waals surface area contributed by atoms with E-state index >= 15 is 0 Å². The van der Waals surface area contributed by atoms with Gasteiger partial charge in [0.25, 0.3) is 0 Å². The zero-order valence-electron chi connectivity index (χ0n) is 8.79. The quantitative estimate of drug-likeness (QED) is 0.523. The Bertz CT molecular complexity index is 189. The van der Waals surface area contributed by atoms with Gasteiger partial charge in [-0.3, -0.25) is 4.99 Å². The zero-order chi connectivity index (χ0) is 9.84. The van der Waals surface area contributed by atoms with Crippen LogP contribution in [0.5, 0.6) is 0 Å². The standard InChI is InChI=1S/C10H20N2O/c1-7(2)10(11)12-9-4-5-13-8(3)6-9/h7-9H,4-6H2,1-3H3,(H2,11,12). The highest BCUT2D eigenvalue weighted by Gasteiger charge is 2.18. The first-order valence-electron chi connectivity index (χ1n) is 5.04. The average molecular weight is 184 g/mol. The van der Waals surface area contributed by atoms with Crippen LogP contribution in [-0.2, 0) is 4.74 Å². The van der Waals surface area contributed by atoms with Crippen LogP contribution in [0.3, 0.4) is 0 Å². The van der Waals surface area contributed by atoms with Gasteiger partial charge >= 0.3 is 0 Å². The Morgan fingerprint density at radius 2 is 2.23 bits per heavy atom. The monoisotopic (exact) mass is 184 g/mol. The second-order valence-electron chi connectivity index (χ2n) is 4.07. The maximum atomic E-state index is 5.80. The molecule has 2 unspecified atom stereocenters. The highest BCUT2D eigenvalue weighted by atomic mass is 16.5. The highest BCUT2D eigenvalue weighted by molar-refractivity contribution is 5.82. The van der Waals surface area contributed by atoms with Crippen molar-refractivity contribution in [3.8, 4) is 0 Å². The Hall–Kier alpha value is -0.570. The second kappa shape index (κ2) is 4.61. The molecule has 1 heterocycles. The minimum absolute atomic E-state index is 0.336. The molecule has 1 rings (SSSR count). The van der Waals surface area contributed by atoms with Crippen LogP contribution < -0.4 is 5.73 Å². The number of amidine groups is 1. The predicted molar refractivity (Wildman–Crippen MR) is 54.9 cm³/mol. The van der Waals surface area contributed by atoms with Crippen LogP contribution in [0.4, 0.5) is 0 Å². The minimum atomic E-state index is 0.336. The molecule has 0 aromatic rings. The van der Waals surface area contributed by atoms with E-state index in [9.17, 15) is 0 Å². The first kappa shape index (κ1) is 10.5. The third-order valence-corrected chi connectivity index (χ3v) is 2.38. The molecule has 3 nitrogen and oxygen atoms in total. The van der Waals surface area contributed by atoms with Crippen molar-refractivity contribution in [3.63, 3.8) is 0 Å². The van der Waals surface area contributed by atoms with Crippen LogP contribution in [-0.4, -0.2) is 24.6 Å². The van der Waals surface area contributed by atoms with Gasteiger partial charge in [-0.05, 0) is 19.8 Å². The van der Waals surface area contributed by atoms with Gasteiger partial charge in [-0.2, -0.15) is 0 Å². The molecule has 2 atom stereocenters. The van der Waals surface area contributed by atoms with Crippen molar-refractivity contribution in [2.24, 2.45) is 16.6 Å². The molecule has 0 radical (unpaired) electrons. The summed E-state index contributed by atoms with van der Waals surface area (Å²) in [6.45, 7) is 7.05. The van der Waals surface area contributed by atoms with Crippen LogP contribution in [0.1, 0.15) is 33.6 Å². The van der Waals surface area contributed by atoms with Gasteiger partial charge in [0.2, 0.25) is 0 Å². The van der Waals surface area contributed by atoms with E-state index in [0.717, 1.165) is 25.3 Å². The van der Waals surface area contributed by atoms with Gasteiger partial charge in [0.05, 0.1) is 18.0 Å². The highest BCUT2D eigenvalue weighted by Crippen LogP contribution is 2.16. The number of hydrogen-bond donors (Lipinski definition) is 1. The normalized spacial score (nSPS) is 30.9. The lowest BCUT2D eigenvalue weighted by Gasteiger charge is -2.25. The summed E-state index contributed by atoms with van der Waals surface area (Å²) in [4.78, 5) is 4.50. The Morgan fingerprint density at radius 3 is 2.77 bits per heavy atom. The lowest BCUT2D eigenvalue weighted by molar-refractivity contribution is 0.0203. The number of rotatable bonds is 2. The van der Waals surface area contributed by atoms with Crippen molar-refractivity contribution in [3.05, 3.63) is 0 Å². The average Bonchev–Trinajstić information content (AvgIpc) is 2.04. The summed E-state index contributed by atoms with van der Waals surface area (Å²) in [6, 6.07) is 0.381. The molecule has 13 heavy (non-hydrogen) atoms. The molecule has 2 N–H and O–H groups in total. The molecule has 1 fully saturated rings. The number of aliphatic imine (C=N–C) groups is 1. The molecule has 76 valence electrons. The smallest absolute Gasteiger partial charge is 0.0966 e. The van der Waals surface area contributed by atoms with Gasteiger partial charge in [0.1, 0.15) is 0 Å². The van der Waals surface area contributed by atoms with Gasteiger partial charge in [-0.25, -0.2) is 0 Å². The van der Waals surface area contributed by atoms with Crippen LogP contribution in [0.2, 0.25) is 0 Å². The van der Waals surface area contributed by atoms with Crippen molar-refractivity contribution in [1.82, 2.24) is 0 Å². The van der Waals surface area contributed by atoms with Gasteiger partial charge in [-0.1, -0.05) is 13.8 Å². The van der Waals surface area contributed by atoms with Crippen molar-refractivity contribution in [2.45, 2.75) is 45.8 Å². The maximum absolute atomic E-state index is 5.80. The van der Waals surface area contributed by atoms with Crippen LogP contribution in [0.15, 0.2) is 4.99 Å². The van der Waals surface area contributed by atoms with E-state index < -0.39 is 0 Å². The molecule has 0 aliphatic carbocycles. The van der Waals surface area contributed by atoms with E-state index in [2.05, 4.69) is 25.8 Å². The largest absolute Gasteiger partial charge is 0.387 e. The van der Waals surface area contributed by atoms with Crippen LogP contribution in [0.25, 0.3) is 0 Å². The van der Waals surface area contributed by atoms with E-state index in [1.54, 1.807) is 0 Å². The van der Waals surface area contributed by atoms with Crippen molar-refractivity contribution in [1.29, 1.82) is 0 Å². The first-order chi connectivity index (χ1) is 6.09. The molecule has 0 bridgehead atoms. The van der Waals surface area contributed by atoms with E-state index in [0.29, 0.717) is 18.1 Å². The number of ether oxygens (including phenoxy) is 1. The molecule has 1 aliphatic rings. The summed E-state index contributed by atoms with van der Waals surface area (Å²) in [7, 11) is 0. The summed E-state index contributed by atoms with van der Waals surface area (Å²) in [6.07, 6.45) is 2.35. The first-order valence-corrected chi connectivity index (χ1v) is 5.04. The van der Waals surface area contributed by atoms with Gasteiger partial charge in [-0.15, -0.1) is 0 Å². The van der Waals surface area contributed by atoms with E-state index in [1.807, 2.05) is 0 Å². The fraction of sp³-hybridized carbons (Fsp3) is 0.900. The lowest BCUT2D eigenvalue weighted by Crippen LogP contribution is -2.29. The summed E-state index contributed by atoms with van der Waals surface area (Å²) < 4.78 is 5.44. The molecule has 3 heteroatoms. The van der Waals surface area contributed by atoms with E-state index in [-0.39, 0.29) is 0 Å². The SMILES string of the molecule is CC1CC(N=C(N)C(C)C)CCO1. The molecule has 1 saturated heterocycles. The zero-order valence-corrected chi connectivity index (χ0v) is 8.79. The fourth-order valence-corrected chi connectivity index (χ4v) is 1.45. The third kappa shape index (κ3) is 3.35. The van der Waals surface area contributed by atoms with Crippen molar-refractivity contribution in [2.75, 3.05) is 6.61 Å².